The van der Waals surface area contributed by atoms with E-state index in [4.69, 9.17) is 0 Å². The van der Waals surface area contributed by atoms with Crippen molar-refractivity contribution in [3.05, 3.63) is 39.9 Å². The molecule has 1 N–H and O–H groups in total. The summed E-state index contributed by atoms with van der Waals surface area (Å²) < 4.78 is 0. The van der Waals surface area contributed by atoms with Gasteiger partial charge < -0.3 is 10.1 Å². The molecule has 4 heteroatoms. The zero-order valence-electron chi connectivity index (χ0n) is 7.07. The van der Waals surface area contributed by atoms with Gasteiger partial charge in [-0.25, -0.2) is 4.98 Å². The molecule has 0 atom stereocenters. The van der Waals surface area contributed by atoms with E-state index in [1.54, 1.807) is 6.07 Å². The van der Waals surface area contributed by atoms with Crippen LogP contribution < -0.4 is 0 Å². The molecule has 4 nitrogen and oxygen atoms in total. The van der Waals surface area contributed by atoms with Crippen LogP contribution in [0.15, 0.2) is 24.3 Å². The number of aryl methyl sites for hydroxylation is 1. The van der Waals surface area contributed by atoms with Crippen LogP contribution in [0.5, 0.6) is 0 Å². The fraction of sp³-hybridized carbons (Fsp3) is 0.111. The highest BCUT2D eigenvalue weighted by Crippen LogP contribution is 2.22. The SMILES string of the molecule is Cc1cccc2cc([N+](=O)[O-])[nH]c12. The highest BCUT2D eigenvalue weighted by atomic mass is 16.6. The van der Waals surface area contributed by atoms with Gasteiger partial charge in [-0.15, -0.1) is 0 Å². The van der Waals surface area contributed by atoms with Crippen molar-refractivity contribution in [2.24, 2.45) is 0 Å². The fourth-order valence-corrected chi connectivity index (χ4v) is 1.39. The lowest BCUT2D eigenvalue weighted by atomic mass is 10.2. The predicted octanol–water partition coefficient (Wildman–Crippen LogP) is 2.38. The topological polar surface area (TPSA) is 58.9 Å². The largest absolute Gasteiger partial charge is 0.358 e. The van der Waals surface area contributed by atoms with Crippen LogP contribution in [0.3, 0.4) is 0 Å². The summed E-state index contributed by atoms with van der Waals surface area (Å²) in [6.45, 7) is 1.92. The van der Waals surface area contributed by atoms with Gasteiger partial charge in [0.05, 0.1) is 0 Å². The lowest BCUT2D eigenvalue weighted by Crippen LogP contribution is -1.86. The molecule has 1 aromatic heterocycles. The molecule has 0 bridgehead atoms. The van der Waals surface area contributed by atoms with Crippen LogP contribution in [-0.2, 0) is 0 Å². The van der Waals surface area contributed by atoms with Crippen molar-refractivity contribution in [3.63, 3.8) is 0 Å². The number of para-hydroxylation sites is 1. The smallest absolute Gasteiger partial charge is 0.321 e. The molecule has 2 rings (SSSR count). The Morgan fingerprint density at radius 2 is 2.23 bits per heavy atom. The third-order valence-electron chi connectivity index (χ3n) is 2.05. The van der Waals surface area contributed by atoms with E-state index in [0.717, 1.165) is 16.5 Å². The zero-order valence-corrected chi connectivity index (χ0v) is 7.07. The standard InChI is InChI=1S/C9H8N2O2/c1-6-3-2-4-7-5-8(11(12)13)10-9(6)7/h2-5,10H,1H3. The van der Waals surface area contributed by atoms with E-state index >= 15 is 0 Å². The molecule has 1 aromatic carbocycles. The Kier molecular flexibility index (Phi) is 1.55. The molecule has 0 amide bonds. The predicted molar refractivity (Wildman–Crippen MR) is 49.7 cm³/mol. The summed E-state index contributed by atoms with van der Waals surface area (Å²) in [5, 5.41) is 11.3. The molecule has 0 aliphatic heterocycles. The van der Waals surface area contributed by atoms with Crippen molar-refractivity contribution in [2.75, 3.05) is 0 Å². The normalized spacial score (nSPS) is 10.5. The molecule has 0 fully saturated rings. The number of nitro groups is 1. The van der Waals surface area contributed by atoms with Gasteiger partial charge in [0.25, 0.3) is 0 Å². The molecular formula is C9H8N2O2. The second-order valence-electron chi connectivity index (χ2n) is 2.95. The van der Waals surface area contributed by atoms with E-state index < -0.39 is 4.92 Å². The minimum atomic E-state index is -0.417. The summed E-state index contributed by atoms with van der Waals surface area (Å²) in [7, 11) is 0. The fourth-order valence-electron chi connectivity index (χ4n) is 1.39. The van der Waals surface area contributed by atoms with E-state index in [1.165, 1.54) is 0 Å². The van der Waals surface area contributed by atoms with E-state index in [1.807, 2.05) is 25.1 Å². The maximum absolute atomic E-state index is 10.5. The minimum Gasteiger partial charge on any atom is -0.358 e. The van der Waals surface area contributed by atoms with Crippen LogP contribution in [0, 0.1) is 17.0 Å². The molecule has 0 aliphatic carbocycles. The highest BCUT2D eigenvalue weighted by Gasteiger charge is 2.10. The second-order valence-corrected chi connectivity index (χ2v) is 2.95. The lowest BCUT2D eigenvalue weighted by molar-refractivity contribution is -0.389. The van der Waals surface area contributed by atoms with Crippen molar-refractivity contribution >= 4 is 16.7 Å². The van der Waals surface area contributed by atoms with Crippen LogP contribution in [0.25, 0.3) is 10.9 Å². The number of H-pyrrole nitrogens is 1. The van der Waals surface area contributed by atoms with Crippen LogP contribution in [0.1, 0.15) is 5.56 Å². The minimum absolute atomic E-state index is 0.0456. The lowest BCUT2D eigenvalue weighted by Gasteiger charge is -1.89. The van der Waals surface area contributed by atoms with Gasteiger partial charge in [0.15, 0.2) is 0 Å². The van der Waals surface area contributed by atoms with Crippen molar-refractivity contribution in [1.29, 1.82) is 0 Å². The molecular weight excluding hydrogens is 168 g/mol. The number of rotatable bonds is 1. The molecule has 0 aliphatic rings. The van der Waals surface area contributed by atoms with Crippen molar-refractivity contribution in [3.8, 4) is 0 Å². The number of nitrogens with one attached hydrogen (secondary N) is 1. The van der Waals surface area contributed by atoms with E-state index in [2.05, 4.69) is 4.98 Å². The molecule has 0 radical (unpaired) electrons. The first-order chi connectivity index (χ1) is 6.18. The third kappa shape index (κ3) is 1.16. The summed E-state index contributed by atoms with van der Waals surface area (Å²) in [6, 6.07) is 7.20. The van der Waals surface area contributed by atoms with Gasteiger partial charge >= 0.3 is 5.82 Å². The monoisotopic (exact) mass is 176 g/mol. The van der Waals surface area contributed by atoms with E-state index in [9.17, 15) is 10.1 Å². The van der Waals surface area contributed by atoms with Crippen LogP contribution in [0.2, 0.25) is 0 Å². The van der Waals surface area contributed by atoms with Gasteiger partial charge in [-0.3, -0.25) is 0 Å². The number of fused-ring (bicyclic) bond motifs is 1. The summed E-state index contributed by atoms with van der Waals surface area (Å²) in [4.78, 5) is 12.8. The Labute approximate surface area is 74.3 Å². The molecule has 0 spiro atoms. The maximum Gasteiger partial charge on any atom is 0.321 e. The molecule has 13 heavy (non-hydrogen) atoms. The number of aromatic amines is 1. The molecule has 1 heterocycles. The Morgan fingerprint density at radius 1 is 1.46 bits per heavy atom. The Morgan fingerprint density at radius 3 is 2.85 bits per heavy atom. The van der Waals surface area contributed by atoms with Crippen LogP contribution >= 0.6 is 0 Å². The van der Waals surface area contributed by atoms with Crippen molar-refractivity contribution < 1.29 is 4.92 Å². The first kappa shape index (κ1) is 7.79. The molecule has 0 unspecified atom stereocenters. The summed E-state index contributed by atoms with van der Waals surface area (Å²) in [6.07, 6.45) is 0. The van der Waals surface area contributed by atoms with Gasteiger partial charge in [0.2, 0.25) is 0 Å². The van der Waals surface area contributed by atoms with Gasteiger partial charge in [0.1, 0.15) is 5.52 Å². The molecule has 66 valence electrons. The maximum atomic E-state index is 10.5. The molecule has 0 saturated carbocycles. The van der Waals surface area contributed by atoms with Crippen LogP contribution in [-0.4, -0.2) is 9.91 Å². The quantitative estimate of drug-likeness (QED) is 0.535. The average molecular weight is 176 g/mol. The summed E-state index contributed by atoms with van der Waals surface area (Å²) in [5.74, 6) is 0.0456. The Balaban J connectivity index is 2.75. The second kappa shape index (κ2) is 2.58. The van der Waals surface area contributed by atoms with Gasteiger partial charge in [-0.2, -0.15) is 0 Å². The number of nitrogens with zero attached hydrogens (tertiary/aromatic N) is 1. The van der Waals surface area contributed by atoms with Crippen molar-refractivity contribution in [2.45, 2.75) is 6.92 Å². The summed E-state index contributed by atoms with van der Waals surface area (Å²) >= 11 is 0. The highest BCUT2D eigenvalue weighted by molar-refractivity contribution is 5.85. The average Bonchev–Trinajstić information content (AvgIpc) is 2.49. The number of hydrogen-bond acceptors (Lipinski definition) is 2. The Hall–Kier alpha value is -1.84. The van der Waals surface area contributed by atoms with E-state index in [-0.39, 0.29) is 5.82 Å². The van der Waals surface area contributed by atoms with Gasteiger partial charge in [-0.05, 0) is 17.4 Å². The van der Waals surface area contributed by atoms with Crippen LogP contribution in [0.4, 0.5) is 5.82 Å². The van der Waals surface area contributed by atoms with Crippen molar-refractivity contribution in [1.82, 2.24) is 4.98 Å². The number of hydrogen-bond donors (Lipinski definition) is 1. The summed E-state index contributed by atoms with van der Waals surface area (Å²) in [5.41, 5.74) is 1.86. The Bertz CT molecular complexity index is 473. The first-order valence-corrected chi connectivity index (χ1v) is 3.91. The zero-order chi connectivity index (χ0) is 9.42. The molecule has 2 aromatic rings. The van der Waals surface area contributed by atoms with E-state index in [0.29, 0.717) is 0 Å². The first-order valence-electron chi connectivity index (χ1n) is 3.91. The van der Waals surface area contributed by atoms with Gasteiger partial charge in [0, 0.05) is 11.5 Å². The molecule has 0 saturated heterocycles. The third-order valence-corrected chi connectivity index (χ3v) is 2.05. The number of benzene rings is 1. The number of aromatic nitrogens is 1. The van der Waals surface area contributed by atoms with Gasteiger partial charge in [-0.1, -0.05) is 18.2 Å².